The topological polar surface area (TPSA) is 72.3 Å². The van der Waals surface area contributed by atoms with Gasteiger partial charge in [0, 0.05) is 10.9 Å². The molecule has 2 aromatic heterocycles. The summed E-state index contributed by atoms with van der Waals surface area (Å²) >= 11 is 0. The van der Waals surface area contributed by atoms with Crippen LogP contribution in [-0.4, -0.2) is 26.7 Å². The van der Waals surface area contributed by atoms with Crippen LogP contribution in [0.25, 0.3) is 27.9 Å². The maximum absolute atomic E-state index is 12.1. The van der Waals surface area contributed by atoms with Gasteiger partial charge in [-0.2, -0.15) is 4.52 Å². The van der Waals surface area contributed by atoms with Gasteiger partial charge in [-0.05, 0) is 36.4 Å². The number of hydrogen-bond acceptors (Lipinski definition) is 4. The highest BCUT2D eigenvalue weighted by Crippen LogP contribution is 2.21. The van der Waals surface area contributed by atoms with Gasteiger partial charge in [0.25, 0.3) is 0 Å². The fourth-order valence-electron chi connectivity index (χ4n) is 2.45. The van der Waals surface area contributed by atoms with Crippen LogP contribution in [0.5, 0.6) is 5.75 Å². The lowest BCUT2D eigenvalue weighted by atomic mass is 10.2. The number of para-hydroxylation sites is 1. The van der Waals surface area contributed by atoms with Crippen molar-refractivity contribution in [1.82, 2.24) is 19.6 Å². The Morgan fingerprint density at radius 1 is 1.09 bits per heavy atom. The number of nitrogens with zero attached hydrogens (tertiary/aromatic N) is 3. The normalized spacial score (nSPS) is 11.1. The third-order valence-electron chi connectivity index (χ3n) is 3.56. The first-order chi connectivity index (χ1) is 10.8. The second-order valence-electron chi connectivity index (χ2n) is 4.88. The van der Waals surface area contributed by atoms with Gasteiger partial charge in [0.05, 0.1) is 12.6 Å². The van der Waals surface area contributed by atoms with Crippen molar-refractivity contribution in [2.75, 3.05) is 7.11 Å². The van der Waals surface area contributed by atoms with Crippen molar-refractivity contribution >= 4 is 16.6 Å². The van der Waals surface area contributed by atoms with Crippen molar-refractivity contribution in [3.8, 4) is 17.1 Å². The Morgan fingerprint density at radius 3 is 2.64 bits per heavy atom. The lowest BCUT2D eigenvalue weighted by molar-refractivity contribution is 0.415. The van der Waals surface area contributed by atoms with Crippen LogP contribution >= 0.6 is 0 Å². The molecule has 0 unspecified atom stereocenters. The number of aromatic amines is 1. The molecule has 0 aliphatic rings. The summed E-state index contributed by atoms with van der Waals surface area (Å²) < 4.78 is 6.43. The second kappa shape index (κ2) is 4.70. The summed E-state index contributed by atoms with van der Waals surface area (Å²) in [6.07, 6.45) is 0. The summed E-state index contributed by atoms with van der Waals surface area (Å²) in [6.45, 7) is 0. The Hall–Kier alpha value is -3.15. The molecule has 0 aliphatic carbocycles. The number of rotatable bonds is 2. The predicted octanol–water partition coefficient (Wildman–Crippen LogP) is 2.25. The highest BCUT2D eigenvalue weighted by atomic mass is 16.5. The average Bonchev–Trinajstić information content (AvgIpc) is 3.01. The molecule has 0 bridgehead atoms. The third-order valence-corrected chi connectivity index (χ3v) is 3.56. The number of methoxy groups -OCH3 is 1. The molecule has 0 atom stereocenters. The van der Waals surface area contributed by atoms with E-state index < -0.39 is 0 Å². The molecule has 0 saturated carbocycles. The first-order valence-electron chi connectivity index (χ1n) is 6.78. The first kappa shape index (κ1) is 12.6. The molecule has 22 heavy (non-hydrogen) atoms. The molecule has 6 heteroatoms. The minimum atomic E-state index is -0.305. The fourth-order valence-corrected chi connectivity index (χ4v) is 2.45. The summed E-state index contributed by atoms with van der Waals surface area (Å²) in [6, 6.07) is 14.9. The largest absolute Gasteiger partial charge is 0.497 e. The highest BCUT2D eigenvalue weighted by Gasteiger charge is 2.11. The van der Waals surface area contributed by atoms with Crippen LogP contribution in [-0.2, 0) is 0 Å². The van der Waals surface area contributed by atoms with Crippen LogP contribution in [0.1, 0.15) is 0 Å². The van der Waals surface area contributed by atoms with Crippen molar-refractivity contribution in [2.45, 2.75) is 0 Å². The van der Waals surface area contributed by atoms with E-state index in [4.69, 9.17) is 4.74 Å². The van der Waals surface area contributed by atoms with Gasteiger partial charge in [-0.25, -0.2) is 9.78 Å². The van der Waals surface area contributed by atoms with E-state index in [0.29, 0.717) is 11.5 Å². The number of aromatic nitrogens is 4. The molecule has 0 saturated heterocycles. The Kier molecular flexibility index (Phi) is 2.69. The summed E-state index contributed by atoms with van der Waals surface area (Å²) in [5.41, 5.74) is 1.81. The van der Waals surface area contributed by atoms with Gasteiger partial charge in [0.1, 0.15) is 5.75 Å². The van der Waals surface area contributed by atoms with Gasteiger partial charge in [-0.15, -0.1) is 5.10 Å². The lowest BCUT2D eigenvalue weighted by Gasteiger charge is -1.99. The van der Waals surface area contributed by atoms with E-state index in [0.717, 1.165) is 22.2 Å². The molecule has 4 rings (SSSR count). The third kappa shape index (κ3) is 1.85. The first-order valence-corrected chi connectivity index (χ1v) is 6.78. The Bertz CT molecular complexity index is 1030. The van der Waals surface area contributed by atoms with E-state index in [1.54, 1.807) is 7.11 Å². The zero-order valence-electron chi connectivity index (χ0n) is 11.8. The molecule has 0 spiro atoms. The summed E-state index contributed by atoms with van der Waals surface area (Å²) in [5, 5.41) is 5.17. The Balaban J connectivity index is 1.98. The number of benzene rings is 2. The molecule has 0 radical (unpaired) electrons. The molecular formula is C16H12N4O2. The van der Waals surface area contributed by atoms with Gasteiger partial charge in [-0.1, -0.05) is 12.1 Å². The maximum atomic E-state index is 12.1. The number of ether oxygens (including phenoxy) is 1. The molecule has 4 aromatic rings. The predicted molar refractivity (Wildman–Crippen MR) is 83.1 cm³/mol. The van der Waals surface area contributed by atoms with E-state index in [-0.39, 0.29) is 5.69 Å². The highest BCUT2D eigenvalue weighted by molar-refractivity contribution is 5.91. The number of fused-ring (bicyclic) bond motifs is 3. The van der Waals surface area contributed by atoms with Crippen molar-refractivity contribution in [3.63, 3.8) is 0 Å². The number of hydrogen-bond donors (Lipinski definition) is 1. The van der Waals surface area contributed by atoms with Crippen LogP contribution in [0.4, 0.5) is 0 Å². The smallest absolute Gasteiger partial charge is 0.348 e. The van der Waals surface area contributed by atoms with E-state index >= 15 is 0 Å². The number of H-pyrrole nitrogens is 1. The summed E-state index contributed by atoms with van der Waals surface area (Å²) in [7, 11) is 1.61. The van der Waals surface area contributed by atoms with Gasteiger partial charge in [-0.3, -0.25) is 0 Å². The molecule has 108 valence electrons. The maximum Gasteiger partial charge on any atom is 0.348 e. The van der Waals surface area contributed by atoms with Crippen LogP contribution in [0, 0.1) is 0 Å². The second-order valence-corrected chi connectivity index (χ2v) is 4.88. The molecule has 2 aromatic carbocycles. The van der Waals surface area contributed by atoms with Crippen LogP contribution < -0.4 is 10.4 Å². The monoisotopic (exact) mass is 292 g/mol. The van der Waals surface area contributed by atoms with Gasteiger partial charge in [0.15, 0.2) is 11.5 Å². The minimum absolute atomic E-state index is 0.305. The molecule has 0 amide bonds. The average molecular weight is 292 g/mol. The zero-order valence-corrected chi connectivity index (χ0v) is 11.8. The SMILES string of the molecule is COc1ccc(-c2nc3c4ccccc4[nH]c(=O)n3n2)cc1. The lowest BCUT2D eigenvalue weighted by Crippen LogP contribution is -2.17. The quantitative estimate of drug-likeness (QED) is 0.615. The van der Waals surface area contributed by atoms with E-state index in [2.05, 4.69) is 15.1 Å². The van der Waals surface area contributed by atoms with Gasteiger partial charge < -0.3 is 9.72 Å². The summed E-state index contributed by atoms with van der Waals surface area (Å²) in [5.74, 6) is 1.26. The molecule has 0 fully saturated rings. The number of nitrogens with one attached hydrogen (secondary N) is 1. The Labute approximate surface area is 125 Å². The van der Waals surface area contributed by atoms with E-state index in [9.17, 15) is 4.79 Å². The van der Waals surface area contributed by atoms with Crippen molar-refractivity contribution < 1.29 is 4.74 Å². The summed E-state index contributed by atoms with van der Waals surface area (Å²) in [4.78, 5) is 19.4. The molecule has 0 aliphatic heterocycles. The van der Waals surface area contributed by atoms with Crippen molar-refractivity contribution in [1.29, 1.82) is 0 Å². The fraction of sp³-hybridized carbons (Fsp3) is 0.0625. The van der Waals surface area contributed by atoms with Crippen LogP contribution in [0.2, 0.25) is 0 Å². The molecular weight excluding hydrogens is 280 g/mol. The van der Waals surface area contributed by atoms with Crippen molar-refractivity contribution in [3.05, 3.63) is 59.0 Å². The minimum Gasteiger partial charge on any atom is -0.497 e. The van der Waals surface area contributed by atoms with Gasteiger partial charge in [0.2, 0.25) is 0 Å². The van der Waals surface area contributed by atoms with Gasteiger partial charge >= 0.3 is 5.69 Å². The Morgan fingerprint density at radius 2 is 1.86 bits per heavy atom. The standard InChI is InChI=1S/C16H12N4O2/c1-22-11-8-6-10(7-9-11)14-18-15-12-4-2-3-5-13(12)17-16(21)20(15)19-14/h2-9H,1H3,(H,17,21). The van der Waals surface area contributed by atoms with Crippen LogP contribution in [0.15, 0.2) is 53.3 Å². The molecule has 2 heterocycles. The molecule has 6 nitrogen and oxygen atoms in total. The van der Waals surface area contributed by atoms with E-state index in [1.807, 2.05) is 48.5 Å². The van der Waals surface area contributed by atoms with E-state index in [1.165, 1.54) is 4.52 Å². The zero-order chi connectivity index (χ0) is 15.1. The molecule has 1 N–H and O–H groups in total. The van der Waals surface area contributed by atoms with Crippen LogP contribution in [0.3, 0.4) is 0 Å². The van der Waals surface area contributed by atoms with Crippen molar-refractivity contribution in [2.24, 2.45) is 0 Å².